The molecule has 9 N–H and O–H groups in total. The van der Waals surface area contributed by atoms with Crippen molar-refractivity contribution in [3.8, 4) is 0 Å². The standard InChI is InChI=1S/C22H26N10O10P2S2/c23-16-9-17(26-4-25-16)31(5-27-9)11-7-1-22(7)3-40-43(36,37)41-14-12(33)8(2-39-44(38,45)42-15(22)13(11)34)46-20(14)32-6-28-10-18(32)29-21(24)30-19(10)35/h4-8,11-15,20,33-34H,1-3H2,(H,36,37)(H,38,45)(H2,23,25,26)(H3,24,29,30,35)/t7?,8-,11-,12-,13+,14-,15+,20-,22-,44?/m1/s1. The van der Waals surface area contributed by atoms with Gasteiger partial charge in [-0.3, -0.25) is 23.4 Å². The van der Waals surface area contributed by atoms with E-state index in [9.17, 15) is 29.4 Å². The predicted octanol–water partition coefficient (Wildman–Crippen LogP) is -0.845. The molecule has 2 aliphatic carbocycles. The SMILES string of the molecule is Nc1nc2c(ncn2[C@@H]2S[C@@H]3COP(O)(=S)O[C@H]4[C@@H](O)[C@H](n5cnc6c(N)ncnc65)C5C[C@@]54COP(=O)(O)O[C@@H]2[C@@H]3O)c(=O)[nH]1. The van der Waals surface area contributed by atoms with Gasteiger partial charge in [-0.1, -0.05) is 0 Å². The number of thioether (sulfide) groups is 1. The highest BCUT2D eigenvalue weighted by atomic mass is 32.5. The number of imidazole rings is 2. The van der Waals surface area contributed by atoms with Gasteiger partial charge in [0.2, 0.25) is 5.95 Å². The average Bonchev–Trinajstić information content (AvgIpc) is 3.26. The molecule has 4 aliphatic rings. The molecule has 2 aliphatic heterocycles. The molecule has 20 nitrogen and oxygen atoms in total. The number of anilines is 2. The summed E-state index contributed by atoms with van der Waals surface area (Å²) in [5, 5.41) is 20.9. The minimum atomic E-state index is -4.93. The van der Waals surface area contributed by atoms with Gasteiger partial charge >= 0.3 is 14.5 Å². The Morgan fingerprint density at radius 2 is 1.80 bits per heavy atom. The van der Waals surface area contributed by atoms with Crippen LogP contribution in [0.15, 0.2) is 23.8 Å². The summed E-state index contributed by atoms with van der Waals surface area (Å²) in [4.78, 5) is 57.6. The zero-order chi connectivity index (χ0) is 32.3. The Kier molecular flexibility index (Phi) is 6.98. The summed E-state index contributed by atoms with van der Waals surface area (Å²) in [6.07, 6.45) is -1.06. The van der Waals surface area contributed by atoms with E-state index in [2.05, 4.69) is 29.9 Å². The fourth-order valence-electron chi connectivity index (χ4n) is 6.81. The monoisotopic (exact) mass is 716 g/mol. The lowest BCUT2D eigenvalue weighted by Gasteiger charge is -2.31. The van der Waals surface area contributed by atoms with Crippen molar-refractivity contribution in [2.24, 2.45) is 11.3 Å². The molecule has 24 heteroatoms. The molecule has 4 fully saturated rings. The van der Waals surface area contributed by atoms with Crippen molar-refractivity contribution < 1.29 is 42.7 Å². The summed E-state index contributed by atoms with van der Waals surface area (Å²) in [7, 11) is -4.93. The second-order valence-electron chi connectivity index (χ2n) is 11.5. The quantitative estimate of drug-likeness (QED) is 0.124. The number of phosphoric ester groups is 1. The molecule has 0 aromatic carbocycles. The molecule has 2 bridgehead atoms. The molecule has 46 heavy (non-hydrogen) atoms. The van der Waals surface area contributed by atoms with Crippen molar-refractivity contribution in [1.29, 1.82) is 0 Å². The van der Waals surface area contributed by atoms with Gasteiger partial charge in [0.25, 0.3) is 5.56 Å². The van der Waals surface area contributed by atoms with Crippen molar-refractivity contribution in [3.05, 3.63) is 29.3 Å². The third-order valence-corrected chi connectivity index (χ3v) is 13.0. The number of aliphatic hydroxyl groups excluding tert-OH is 2. The summed E-state index contributed by atoms with van der Waals surface area (Å²) in [6, 6.07) is -0.717. The number of hydrogen-bond donors (Lipinski definition) is 7. The molecule has 11 atom stereocenters. The van der Waals surface area contributed by atoms with E-state index in [0.717, 1.165) is 11.8 Å². The number of nitrogen functional groups attached to an aromatic ring is 2. The fourth-order valence-corrected chi connectivity index (χ4v) is 11.0. The summed E-state index contributed by atoms with van der Waals surface area (Å²) < 4.78 is 39.3. The van der Waals surface area contributed by atoms with Crippen LogP contribution in [0.4, 0.5) is 11.8 Å². The minimum Gasteiger partial charge on any atom is -0.389 e. The van der Waals surface area contributed by atoms with E-state index in [4.69, 9.17) is 41.4 Å². The van der Waals surface area contributed by atoms with E-state index >= 15 is 0 Å². The Hall–Kier alpha value is -2.59. The van der Waals surface area contributed by atoms with Crippen LogP contribution in [0.2, 0.25) is 0 Å². The summed E-state index contributed by atoms with van der Waals surface area (Å²) in [5.41, 5.74) is 10.6. The van der Waals surface area contributed by atoms with Crippen molar-refractivity contribution in [2.75, 3.05) is 24.7 Å². The number of aliphatic hydroxyl groups is 2. The maximum Gasteiger partial charge on any atom is 0.472 e. The van der Waals surface area contributed by atoms with Crippen LogP contribution in [-0.2, 0) is 34.5 Å². The Morgan fingerprint density at radius 3 is 2.61 bits per heavy atom. The first-order valence-corrected chi connectivity index (χ1v) is 18.8. The number of H-pyrrole nitrogens is 1. The van der Waals surface area contributed by atoms with E-state index < -0.39 is 79.1 Å². The van der Waals surface area contributed by atoms with Gasteiger partial charge in [-0.15, -0.1) is 11.8 Å². The summed E-state index contributed by atoms with van der Waals surface area (Å²) in [5.74, 6) is -0.455. The van der Waals surface area contributed by atoms with Gasteiger partial charge in [0.05, 0.1) is 43.3 Å². The van der Waals surface area contributed by atoms with Gasteiger partial charge in [0, 0.05) is 5.41 Å². The molecular weight excluding hydrogens is 690 g/mol. The number of nitrogens with two attached hydrogens (primary N) is 2. The first-order chi connectivity index (χ1) is 21.8. The lowest BCUT2D eigenvalue weighted by molar-refractivity contribution is -0.0259. The lowest BCUT2D eigenvalue weighted by atomic mass is 10.0. The van der Waals surface area contributed by atoms with Crippen molar-refractivity contribution in [3.63, 3.8) is 0 Å². The third-order valence-electron chi connectivity index (χ3n) is 8.96. The minimum absolute atomic E-state index is 0.0409. The molecule has 0 radical (unpaired) electrons. The number of aromatic nitrogens is 8. The first kappa shape index (κ1) is 30.7. The molecular formula is C22H26N10O10P2S2. The highest BCUT2D eigenvalue weighted by Crippen LogP contribution is 2.72. The number of phosphoric acid groups is 1. The highest BCUT2D eigenvalue weighted by molar-refractivity contribution is 8.07. The highest BCUT2D eigenvalue weighted by Gasteiger charge is 2.74. The van der Waals surface area contributed by atoms with Gasteiger partial charge < -0.3 is 45.1 Å². The zero-order valence-electron chi connectivity index (χ0n) is 23.2. The van der Waals surface area contributed by atoms with Crippen LogP contribution >= 0.6 is 26.3 Å². The molecule has 4 aromatic heterocycles. The van der Waals surface area contributed by atoms with Crippen LogP contribution in [0.5, 0.6) is 0 Å². The van der Waals surface area contributed by atoms with Crippen molar-refractivity contribution in [1.82, 2.24) is 39.0 Å². The normalized spacial score (nSPS) is 41.0. The Balaban J connectivity index is 1.14. The van der Waals surface area contributed by atoms with Gasteiger partial charge in [-0.05, 0) is 24.1 Å². The number of aromatic amines is 1. The smallest absolute Gasteiger partial charge is 0.389 e. The summed E-state index contributed by atoms with van der Waals surface area (Å²) in [6.45, 7) is -4.93. The largest absolute Gasteiger partial charge is 0.472 e. The molecule has 0 amide bonds. The fraction of sp³-hybridized carbons (Fsp3) is 0.545. The number of fused-ring (bicyclic) bond motifs is 4. The van der Waals surface area contributed by atoms with Gasteiger partial charge in [-0.25, -0.2) is 24.5 Å². The Labute approximate surface area is 266 Å². The molecule has 8 rings (SSSR count). The van der Waals surface area contributed by atoms with Crippen LogP contribution in [0.1, 0.15) is 17.8 Å². The topological polar surface area (TPSA) is 294 Å². The second kappa shape index (κ2) is 10.5. The molecule has 4 aromatic rings. The first-order valence-electron chi connectivity index (χ1n) is 13.8. The lowest BCUT2D eigenvalue weighted by Crippen LogP contribution is -2.38. The molecule has 246 valence electrons. The summed E-state index contributed by atoms with van der Waals surface area (Å²) >= 11 is 6.38. The van der Waals surface area contributed by atoms with Crippen LogP contribution in [0, 0.1) is 11.3 Å². The molecule has 3 unspecified atom stereocenters. The van der Waals surface area contributed by atoms with E-state index in [-0.39, 0.29) is 29.5 Å². The Bertz CT molecular complexity index is 2050. The Morgan fingerprint density at radius 1 is 1.04 bits per heavy atom. The van der Waals surface area contributed by atoms with E-state index in [0.29, 0.717) is 17.6 Å². The maximum atomic E-state index is 13.5. The van der Waals surface area contributed by atoms with E-state index in [1.807, 2.05) is 0 Å². The molecule has 2 saturated heterocycles. The van der Waals surface area contributed by atoms with Crippen LogP contribution in [0.3, 0.4) is 0 Å². The molecule has 2 saturated carbocycles. The molecule has 1 spiro atoms. The van der Waals surface area contributed by atoms with Crippen molar-refractivity contribution >= 4 is 72.2 Å². The van der Waals surface area contributed by atoms with E-state index in [1.165, 1.54) is 23.5 Å². The predicted molar refractivity (Wildman–Crippen MR) is 162 cm³/mol. The maximum absolute atomic E-state index is 13.5. The zero-order valence-corrected chi connectivity index (χ0v) is 26.6. The molecule has 6 heterocycles. The van der Waals surface area contributed by atoms with Gasteiger partial charge in [0.1, 0.15) is 35.5 Å². The van der Waals surface area contributed by atoms with Gasteiger partial charge in [0.15, 0.2) is 22.6 Å². The number of hydrogen-bond acceptors (Lipinski definition) is 17. The second-order valence-corrected chi connectivity index (χ2v) is 17.1. The van der Waals surface area contributed by atoms with E-state index in [1.54, 1.807) is 4.57 Å². The number of rotatable bonds is 2. The van der Waals surface area contributed by atoms with Crippen LogP contribution < -0.4 is 17.0 Å². The average molecular weight is 717 g/mol. The third kappa shape index (κ3) is 4.74. The van der Waals surface area contributed by atoms with Crippen molar-refractivity contribution in [2.45, 2.75) is 47.5 Å². The van der Waals surface area contributed by atoms with Crippen LogP contribution in [0.25, 0.3) is 22.3 Å². The number of nitrogens with zero attached hydrogens (tertiary/aromatic N) is 7. The van der Waals surface area contributed by atoms with Crippen LogP contribution in [-0.4, -0.2) is 102 Å². The van der Waals surface area contributed by atoms with Gasteiger partial charge in [-0.2, -0.15) is 4.98 Å². The number of nitrogens with one attached hydrogen (secondary N) is 1.